The summed E-state index contributed by atoms with van der Waals surface area (Å²) in [5.74, 6) is 0.884. The van der Waals surface area contributed by atoms with Crippen LogP contribution in [0, 0.1) is 6.92 Å². The van der Waals surface area contributed by atoms with Crippen molar-refractivity contribution >= 4 is 0 Å². The smallest absolute Gasteiger partial charge is 0.121 e. The van der Waals surface area contributed by atoms with Crippen LogP contribution in [0.2, 0.25) is 0 Å². The highest BCUT2D eigenvalue weighted by Crippen LogP contribution is 2.20. The Bertz CT molecular complexity index is 491. The lowest BCUT2D eigenvalue weighted by Crippen LogP contribution is -2.00. The molecular weight excluding hydrogens is 202 g/mol. The predicted octanol–water partition coefficient (Wildman–Crippen LogP) is 1.65. The van der Waals surface area contributed by atoms with Crippen LogP contribution in [-0.2, 0) is 6.54 Å². The number of ether oxygens (including phenoxy) is 1. The van der Waals surface area contributed by atoms with E-state index in [0.717, 1.165) is 22.7 Å². The van der Waals surface area contributed by atoms with Crippen molar-refractivity contribution in [3.05, 3.63) is 41.7 Å². The van der Waals surface area contributed by atoms with E-state index in [2.05, 4.69) is 5.10 Å². The number of rotatable bonds is 3. The Hall–Kier alpha value is -1.81. The molecule has 0 spiro atoms. The maximum absolute atomic E-state index is 5.52. The molecule has 0 unspecified atom stereocenters. The van der Waals surface area contributed by atoms with E-state index in [-0.39, 0.29) is 0 Å². The maximum atomic E-state index is 5.52. The second-order valence-corrected chi connectivity index (χ2v) is 3.61. The largest absolute Gasteiger partial charge is 0.496 e. The van der Waals surface area contributed by atoms with E-state index in [1.165, 1.54) is 0 Å². The first-order valence-electron chi connectivity index (χ1n) is 5.14. The van der Waals surface area contributed by atoms with Crippen molar-refractivity contribution in [2.45, 2.75) is 13.5 Å². The quantitative estimate of drug-likeness (QED) is 0.850. The zero-order valence-corrected chi connectivity index (χ0v) is 9.47. The Morgan fingerprint density at radius 1 is 1.38 bits per heavy atom. The summed E-state index contributed by atoms with van der Waals surface area (Å²) in [6.07, 6.45) is 1.91. The summed E-state index contributed by atoms with van der Waals surface area (Å²) in [6, 6.07) is 7.86. The Labute approximate surface area is 94.6 Å². The molecule has 4 nitrogen and oxygen atoms in total. The van der Waals surface area contributed by atoms with Crippen molar-refractivity contribution in [1.82, 2.24) is 9.78 Å². The fourth-order valence-corrected chi connectivity index (χ4v) is 1.62. The molecule has 0 aliphatic rings. The molecule has 0 aliphatic heterocycles. The maximum Gasteiger partial charge on any atom is 0.121 e. The first kappa shape index (κ1) is 10.7. The summed E-state index contributed by atoms with van der Waals surface area (Å²) < 4.78 is 7.03. The lowest BCUT2D eigenvalue weighted by molar-refractivity contribution is 0.411. The Morgan fingerprint density at radius 3 is 2.75 bits per heavy atom. The highest BCUT2D eigenvalue weighted by atomic mass is 16.5. The molecule has 0 bridgehead atoms. The van der Waals surface area contributed by atoms with Gasteiger partial charge in [-0.15, -0.1) is 0 Å². The molecule has 1 heterocycles. The van der Waals surface area contributed by atoms with Crippen molar-refractivity contribution in [3.8, 4) is 11.4 Å². The Kier molecular flexibility index (Phi) is 2.92. The van der Waals surface area contributed by atoms with Crippen LogP contribution >= 0.6 is 0 Å². The van der Waals surface area contributed by atoms with Crippen LogP contribution in [-0.4, -0.2) is 16.9 Å². The molecule has 0 fully saturated rings. The molecule has 0 saturated carbocycles. The molecule has 1 aromatic heterocycles. The number of aromatic nitrogens is 2. The second-order valence-electron chi connectivity index (χ2n) is 3.61. The van der Waals surface area contributed by atoms with Crippen LogP contribution in [0.4, 0.5) is 0 Å². The summed E-state index contributed by atoms with van der Waals surface area (Å²) in [5.41, 5.74) is 8.50. The summed E-state index contributed by atoms with van der Waals surface area (Å²) in [7, 11) is 1.67. The molecule has 0 atom stereocenters. The topological polar surface area (TPSA) is 53.1 Å². The zero-order chi connectivity index (χ0) is 11.5. The standard InChI is InChI=1S/C12H15N3O/c1-9-7-11(3-4-12(9)16-2)15-6-5-10(8-13)14-15/h3-7H,8,13H2,1-2H3. The summed E-state index contributed by atoms with van der Waals surface area (Å²) in [6.45, 7) is 2.47. The third-order valence-corrected chi connectivity index (χ3v) is 2.50. The zero-order valence-electron chi connectivity index (χ0n) is 9.47. The van der Waals surface area contributed by atoms with E-state index >= 15 is 0 Å². The summed E-state index contributed by atoms with van der Waals surface area (Å²) >= 11 is 0. The van der Waals surface area contributed by atoms with Crippen LogP contribution in [0.1, 0.15) is 11.3 Å². The van der Waals surface area contributed by atoms with Crippen molar-refractivity contribution in [3.63, 3.8) is 0 Å². The average molecular weight is 217 g/mol. The first-order valence-corrected chi connectivity index (χ1v) is 5.14. The number of hydrogen-bond acceptors (Lipinski definition) is 3. The fourth-order valence-electron chi connectivity index (χ4n) is 1.62. The van der Waals surface area contributed by atoms with Gasteiger partial charge in [0.25, 0.3) is 0 Å². The minimum absolute atomic E-state index is 0.460. The predicted molar refractivity (Wildman–Crippen MR) is 62.7 cm³/mol. The first-order chi connectivity index (χ1) is 7.74. The van der Waals surface area contributed by atoms with Crippen LogP contribution < -0.4 is 10.5 Å². The van der Waals surface area contributed by atoms with Crippen molar-refractivity contribution < 1.29 is 4.74 Å². The van der Waals surface area contributed by atoms with Crippen LogP contribution in [0.25, 0.3) is 5.69 Å². The molecule has 84 valence electrons. The minimum Gasteiger partial charge on any atom is -0.496 e. The molecular formula is C12H15N3O. The minimum atomic E-state index is 0.460. The molecule has 0 radical (unpaired) electrons. The van der Waals surface area contributed by atoms with Crippen LogP contribution in [0.15, 0.2) is 30.5 Å². The van der Waals surface area contributed by atoms with Gasteiger partial charge in [-0.25, -0.2) is 4.68 Å². The Balaban J connectivity index is 2.37. The number of methoxy groups -OCH3 is 1. The number of aryl methyl sites for hydroxylation is 1. The van der Waals surface area contributed by atoms with Gasteiger partial charge in [-0.05, 0) is 36.8 Å². The molecule has 1 aromatic carbocycles. The van der Waals surface area contributed by atoms with Gasteiger partial charge in [-0.3, -0.25) is 0 Å². The molecule has 2 rings (SSSR count). The van der Waals surface area contributed by atoms with Gasteiger partial charge in [0.1, 0.15) is 5.75 Å². The van der Waals surface area contributed by atoms with Gasteiger partial charge in [0.15, 0.2) is 0 Å². The molecule has 2 aromatic rings. The summed E-state index contributed by atoms with van der Waals surface area (Å²) in [4.78, 5) is 0. The molecule has 2 N–H and O–H groups in total. The van der Waals surface area contributed by atoms with Crippen molar-refractivity contribution in [1.29, 1.82) is 0 Å². The fraction of sp³-hybridized carbons (Fsp3) is 0.250. The van der Waals surface area contributed by atoms with Gasteiger partial charge >= 0.3 is 0 Å². The van der Waals surface area contributed by atoms with Gasteiger partial charge in [0, 0.05) is 12.7 Å². The normalized spacial score (nSPS) is 10.4. The van der Waals surface area contributed by atoms with Gasteiger partial charge in [-0.2, -0.15) is 5.10 Å². The highest BCUT2D eigenvalue weighted by Gasteiger charge is 2.03. The molecule has 0 saturated heterocycles. The van der Waals surface area contributed by atoms with Gasteiger partial charge in [-0.1, -0.05) is 0 Å². The van der Waals surface area contributed by atoms with Crippen molar-refractivity contribution in [2.24, 2.45) is 5.73 Å². The van der Waals surface area contributed by atoms with Crippen LogP contribution in [0.5, 0.6) is 5.75 Å². The number of nitrogens with zero attached hydrogens (tertiary/aromatic N) is 2. The second kappa shape index (κ2) is 4.37. The SMILES string of the molecule is COc1ccc(-n2ccc(CN)n2)cc1C. The molecule has 0 amide bonds. The number of nitrogens with two attached hydrogens (primary N) is 1. The third kappa shape index (κ3) is 1.92. The third-order valence-electron chi connectivity index (χ3n) is 2.50. The number of benzene rings is 1. The lowest BCUT2D eigenvalue weighted by Gasteiger charge is -2.07. The lowest BCUT2D eigenvalue weighted by atomic mass is 10.2. The molecule has 16 heavy (non-hydrogen) atoms. The van der Waals surface area contributed by atoms with Crippen LogP contribution in [0.3, 0.4) is 0 Å². The van der Waals surface area contributed by atoms with Gasteiger partial charge in [0.2, 0.25) is 0 Å². The van der Waals surface area contributed by atoms with Crippen molar-refractivity contribution in [2.75, 3.05) is 7.11 Å². The van der Waals surface area contributed by atoms with E-state index in [9.17, 15) is 0 Å². The van der Waals surface area contributed by atoms with E-state index in [4.69, 9.17) is 10.5 Å². The average Bonchev–Trinajstić information content (AvgIpc) is 2.77. The number of hydrogen-bond donors (Lipinski definition) is 1. The van der Waals surface area contributed by atoms with E-state index in [0.29, 0.717) is 6.54 Å². The summed E-state index contributed by atoms with van der Waals surface area (Å²) in [5, 5.41) is 4.35. The molecule has 4 heteroatoms. The van der Waals surface area contributed by atoms with E-state index in [1.807, 2.05) is 42.1 Å². The Morgan fingerprint density at radius 2 is 2.19 bits per heavy atom. The van der Waals surface area contributed by atoms with E-state index < -0.39 is 0 Å². The van der Waals surface area contributed by atoms with Gasteiger partial charge < -0.3 is 10.5 Å². The van der Waals surface area contributed by atoms with Gasteiger partial charge in [0.05, 0.1) is 18.5 Å². The molecule has 0 aliphatic carbocycles. The monoisotopic (exact) mass is 217 g/mol. The van der Waals surface area contributed by atoms with E-state index in [1.54, 1.807) is 7.11 Å². The highest BCUT2D eigenvalue weighted by molar-refractivity contribution is 5.43.